The molecule has 1 amide bonds. The first-order valence-electron chi connectivity index (χ1n) is 11.0. The molecular formula is C23H23FN4O4S. The molecule has 0 bridgehead atoms. The second-order valence-corrected chi connectivity index (χ2v) is 10.2. The summed E-state index contributed by atoms with van der Waals surface area (Å²) >= 11 is 0. The van der Waals surface area contributed by atoms with Gasteiger partial charge in [0.25, 0.3) is 0 Å². The van der Waals surface area contributed by atoms with E-state index in [0.29, 0.717) is 18.7 Å². The number of hydrogen-bond acceptors (Lipinski definition) is 6. The average Bonchev–Trinajstić information content (AvgIpc) is 3.49. The number of halogens is 1. The molecule has 2 aromatic carbocycles. The third-order valence-corrected chi connectivity index (χ3v) is 8.10. The lowest BCUT2D eigenvalue weighted by Gasteiger charge is -2.22. The van der Waals surface area contributed by atoms with Crippen LogP contribution in [0.1, 0.15) is 36.8 Å². The zero-order valence-electron chi connectivity index (χ0n) is 17.8. The summed E-state index contributed by atoms with van der Waals surface area (Å²) < 4.78 is 46.0. The van der Waals surface area contributed by atoms with Crippen LogP contribution in [0.2, 0.25) is 0 Å². The molecule has 1 saturated heterocycles. The SMILES string of the molecule is O=C(Nc1nnc(-c2ccc3c(c2)CCCC3)o1)C1CCCN1S(=O)(=O)c1ccc(F)cc1. The third kappa shape index (κ3) is 4.28. The number of carbonyl (C=O) groups excluding carboxylic acids is 1. The number of rotatable bonds is 5. The van der Waals surface area contributed by atoms with Gasteiger partial charge in [0.1, 0.15) is 11.9 Å². The lowest BCUT2D eigenvalue weighted by Crippen LogP contribution is -2.43. The van der Waals surface area contributed by atoms with E-state index in [-0.39, 0.29) is 17.5 Å². The molecule has 1 unspecified atom stereocenters. The lowest BCUT2D eigenvalue weighted by atomic mass is 9.90. The van der Waals surface area contributed by atoms with Gasteiger partial charge in [0.05, 0.1) is 4.90 Å². The van der Waals surface area contributed by atoms with Gasteiger partial charge in [-0.1, -0.05) is 11.2 Å². The number of fused-ring (bicyclic) bond motifs is 1. The van der Waals surface area contributed by atoms with Crippen molar-refractivity contribution in [2.75, 3.05) is 11.9 Å². The highest BCUT2D eigenvalue weighted by Crippen LogP contribution is 2.29. The van der Waals surface area contributed by atoms with Crippen molar-refractivity contribution in [3.05, 3.63) is 59.4 Å². The van der Waals surface area contributed by atoms with Crippen LogP contribution < -0.4 is 5.32 Å². The molecule has 1 aliphatic carbocycles. The molecule has 0 spiro atoms. The topological polar surface area (TPSA) is 105 Å². The van der Waals surface area contributed by atoms with E-state index < -0.39 is 27.8 Å². The maximum absolute atomic E-state index is 13.2. The minimum Gasteiger partial charge on any atom is -0.403 e. The molecule has 5 rings (SSSR count). The van der Waals surface area contributed by atoms with Gasteiger partial charge in [-0.3, -0.25) is 10.1 Å². The summed E-state index contributed by atoms with van der Waals surface area (Å²) in [7, 11) is -3.95. The molecule has 1 aromatic heterocycles. The molecule has 3 aromatic rings. The van der Waals surface area contributed by atoms with Crippen LogP contribution in [-0.2, 0) is 27.7 Å². The minimum absolute atomic E-state index is 0.0592. The molecule has 1 atom stereocenters. The van der Waals surface area contributed by atoms with Gasteiger partial charge in [-0.2, -0.15) is 4.31 Å². The summed E-state index contributed by atoms with van der Waals surface area (Å²) in [6.07, 6.45) is 5.32. The zero-order valence-corrected chi connectivity index (χ0v) is 18.6. The molecule has 33 heavy (non-hydrogen) atoms. The lowest BCUT2D eigenvalue weighted by molar-refractivity contribution is -0.119. The fraction of sp³-hybridized carbons (Fsp3) is 0.348. The third-order valence-electron chi connectivity index (χ3n) is 6.18. The van der Waals surface area contributed by atoms with Crippen LogP contribution in [-0.4, -0.2) is 41.4 Å². The minimum atomic E-state index is -3.95. The van der Waals surface area contributed by atoms with Crippen LogP contribution in [0.4, 0.5) is 10.4 Å². The van der Waals surface area contributed by atoms with Crippen LogP contribution in [0.15, 0.2) is 51.8 Å². The Balaban J connectivity index is 1.31. The van der Waals surface area contributed by atoms with Crippen molar-refractivity contribution in [3.63, 3.8) is 0 Å². The van der Waals surface area contributed by atoms with Gasteiger partial charge >= 0.3 is 6.01 Å². The number of nitrogens with zero attached hydrogens (tertiary/aromatic N) is 3. The fourth-order valence-electron chi connectivity index (χ4n) is 4.48. The van der Waals surface area contributed by atoms with Gasteiger partial charge in [-0.15, -0.1) is 5.10 Å². The Hall–Kier alpha value is -3.11. The van der Waals surface area contributed by atoms with E-state index in [9.17, 15) is 17.6 Å². The summed E-state index contributed by atoms with van der Waals surface area (Å²) in [5.41, 5.74) is 3.39. The molecule has 0 radical (unpaired) electrons. The highest BCUT2D eigenvalue weighted by molar-refractivity contribution is 7.89. The summed E-state index contributed by atoms with van der Waals surface area (Å²) in [5.74, 6) is -0.782. The zero-order chi connectivity index (χ0) is 23.0. The molecule has 2 heterocycles. The Bertz CT molecular complexity index is 1290. The van der Waals surface area contributed by atoms with E-state index in [2.05, 4.69) is 21.6 Å². The first-order chi connectivity index (χ1) is 15.9. The smallest absolute Gasteiger partial charge is 0.322 e. The molecule has 172 valence electrons. The Morgan fingerprint density at radius 3 is 2.58 bits per heavy atom. The number of nitrogens with one attached hydrogen (secondary N) is 1. The predicted molar refractivity (Wildman–Crippen MR) is 118 cm³/mol. The van der Waals surface area contributed by atoms with Crippen molar-refractivity contribution in [2.24, 2.45) is 0 Å². The number of aryl methyl sites for hydroxylation is 2. The van der Waals surface area contributed by atoms with Crippen LogP contribution >= 0.6 is 0 Å². The van der Waals surface area contributed by atoms with E-state index in [0.717, 1.165) is 41.3 Å². The number of aromatic nitrogens is 2. The summed E-state index contributed by atoms with van der Waals surface area (Å²) in [6.45, 7) is 0.196. The van der Waals surface area contributed by atoms with Crippen molar-refractivity contribution < 1.29 is 22.0 Å². The Morgan fingerprint density at radius 2 is 1.79 bits per heavy atom. The second-order valence-electron chi connectivity index (χ2n) is 8.32. The molecule has 1 N–H and O–H groups in total. The highest BCUT2D eigenvalue weighted by Gasteiger charge is 2.40. The number of sulfonamides is 1. The van der Waals surface area contributed by atoms with Crippen molar-refractivity contribution in [3.8, 4) is 11.5 Å². The molecule has 8 nitrogen and oxygen atoms in total. The molecule has 10 heteroatoms. The van der Waals surface area contributed by atoms with E-state index in [1.807, 2.05) is 12.1 Å². The maximum atomic E-state index is 13.2. The monoisotopic (exact) mass is 470 g/mol. The van der Waals surface area contributed by atoms with Gasteiger partial charge in [-0.25, -0.2) is 12.8 Å². The number of anilines is 1. The Kier molecular flexibility index (Phi) is 5.71. The van der Waals surface area contributed by atoms with E-state index in [4.69, 9.17) is 4.42 Å². The largest absolute Gasteiger partial charge is 0.403 e. The number of amides is 1. The molecule has 1 aliphatic heterocycles. The number of benzene rings is 2. The van der Waals surface area contributed by atoms with Crippen molar-refractivity contribution in [1.82, 2.24) is 14.5 Å². The normalized spacial score (nSPS) is 18.8. The highest BCUT2D eigenvalue weighted by atomic mass is 32.2. The first-order valence-corrected chi connectivity index (χ1v) is 12.4. The van der Waals surface area contributed by atoms with Crippen LogP contribution in [0.5, 0.6) is 0 Å². The number of carbonyl (C=O) groups is 1. The van der Waals surface area contributed by atoms with Gasteiger partial charge in [-0.05, 0) is 86.1 Å². The summed E-state index contributed by atoms with van der Waals surface area (Å²) in [5, 5.41) is 10.5. The molecule has 0 saturated carbocycles. The van der Waals surface area contributed by atoms with E-state index >= 15 is 0 Å². The van der Waals surface area contributed by atoms with Gasteiger partial charge in [0, 0.05) is 12.1 Å². The van der Waals surface area contributed by atoms with Gasteiger partial charge in [0.15, 0.2) is 0 Å². The molecular weight excluding hydrogens is 447 g/mol. The van der Waals surface area contributed by atoms with Crippen LogP contribution in [0.25, 0.3) is 11.5 Å². The van der Waals surface area contributed by atoms with Crippen molar-refractivity contribution >= 4 is 21.9 Å². The van der Waals surface area contributed by atoms with Crippen molar-refractivity contribution in [1.29, 1.82) is 0 Å². The second kappa shape index (κ2) is 8.68. The Morgan fingerprint density at radius 1 is 1.03 bits per heavy atom. The summed E-state index contributed by atoms with van der Waals surface area (Å²) in [4.78, 5) is 12.8. The average molecular weight is 471 g/mol. The van der Waals surface area contributed by atoms with Crippen LogP contribution in [0.3, 0.4) is 0 Å². The van der Waals surface area contributed by atoms with E-state index in [1.54, 1.807) is 0 Å². The van der Waals surface area contributed by atoms with Crippen molar-refractivity contribution in [2.45, 2.75) is 49.5 Å². The molecule has 2 aliphatic rings. The number of hydrogen-bond donors (Lipinski definition) is 1. The van der Waals surface area contributed by atoms with Gasteiger partial charge < -0.3 is 4.42 Å². The summed E-state index contributed by atoms with van der Waals surface area (Å²) in [6, 6.07) is 9.60. The fourth-order valence-corrected chi connectivity index (χ4v) is 6.13. The van der Waals surface area contributed by atoms with E-state index in [1.165, 1.54) is 29.7 Å². The quantitative estimate of drug-likeness (QED) is 0.611. The van der Waals surface area contributed by atoms with Crippen LogP contribution in [0, 0.1) is 5.82 Å². The van der Waals surface area contributed by atoms with Gasteiger partial charge in [0.2, 0.25) is 21.8 Å². The standard InChI is InChI=1S/C23H23FN4O4S/c24-18-9-11-19(12-10-18)33(30,31)28-13-3-6-20(28)21(29)25-23-27-26-22(32-23)17-8-7-15-4-1-2-5-16(15)14-17/h7-12,14,20H,1-6,13H2,(H,25,27,29). The molecule has 1 fully saturated rings. The maximum Gasteiger partial charge on any atom is 0.322 e. The first kappa shape index (κ1) is 21.7. The predicted octanol–water partition coefficient (Wildman–Crippen LogP) is 3.55. The Labute approximate surface area is 190 Å².